The van der Waals surface area contributed by atoms with Crippen LogP contribution >= 0.6 is 15.9 Å². The molecule has 1 aromatic carbocycles. The van der Waals surface area contributed by atoms with E-state index in [2.05, 4.69) is 15.9 Å². The third-order valence-corrected chi connectivity index (χ3v) is 5.14. The number of halogens is 2. The summed E-state index contributed by atoms with van der Waals surface area (Å²) < 4.78 is 25.8. The Morgan fingerprint density at radius 1 is 1.29 bits per heavy atom. The largest absolute Gasteiger partial charge is 0.488 e. The lowest BCUT2D eigenvalue weighted by Crippen LogP contribution is -2.33. The molecule has 21 heavy (non-hydrogen) atoms. The molecule has 1 atom stereocenters. The number of nitrogens with two attached hydrogens (primary N) is 1. The van der Waals surface area contributed by atoms with E-state index in [0.29, 0.717) is 22.5 Å². The van der Waals surface area contributed by atoms with E-state index in [4.69, 9.17) is 15.2 Å². The molecule has 1 heterocycles. The highest BCUT2D eigenvalue weighted by molar-refractivity contribution is 9.10. The molecule has 1 spiro atoms. The van der Waals surface area contributed by atoms with Gasteiger partial charge in [-0.3, -0.25) is 0 Å². The van der Waals surface area contributed by atoms with Crippen LogP contribution in [0.4, 0.5) is 10.1 Å². The predicted molar refractivity (Wildman–Crippen MR) is 83.9 cm³/mol. The van der Waals surface area contributed by atoms with Crippen molar-refractivity contribution >= 4 is 21.6 Å². The lowest BCUT2D eigenvalue weighted by Gasteiger charge is -2.33. The standard InChI is InChI=1S/C16H21BrFNO2/c17-13-8-11(18)9-14(19)15(13)20-10-12-4-7-16(21-12)5-2-1-3-6-16/h8-9,12H,1-7,10,19H2. The first-order valence-electron chi connectivity index (χ1n) is 7.63. The fourth-order valence-electron chi connectivity index (χ4n) is 3.49. The van der Waals surface area contributed by atoms with Gasteiger partial charge in [-0.05, 0) is 47.7 Å². The number of nitrogen functional groups attached to an aromatic ring is 1. The van der Waals surface area contributed by atoms with Crippen molar-refractivity contribution in [2.24, 2.45) is 0 Å². The quantitative estimate of drug-likeness (QED) is 0.813. The summed E-state index contributed by atoms with van der Waals surface area (Å²) >= 11 is 3.29. The molecule has 1 aliphatic carbocycles. The third kappa shape index (κ3) is 3.34. The zero-order chi connectivity index (χ0) is 14.9. The minimum absolute atomic E-state index is 0.0951. The Kier molecular flexibility index (Phi) is 4.41. The molecule has 1 aromatic rings. The first-order chi connectivity index (χ1) is 10.1. The minimum Gasteiger partial charge on any atom is -0.488 e. The van der Waals surface area contributed by atoms with Gasteiger partial charge < -0.3 is 15.2 Å². The van der Waals surface area contributed by atoms with Crippen molar-refractivity contribution in [3.8, 4) is 5.75 Å². The minimum atomic E-state index is -0.370. The van der Waals surface area contributed by atoms with Crippen LogP contribution in [0.1, 0.15) is 44.9 Å². The number of rotatable bonds is 3. The predicted octanol–water partition coefficient (Wildman–Crippen LogP) is 4.43. The highest BCUT2D eigenvalue weighted by atomic mass is 79.9. The molecule has 116 valence electrons. The summed E-state index contributed by atoms with van der Waals surface area (Å²) in [4.78, 5) is 0. The lowest BCUT2D eigenvalue weighted by molar-refractivity contribution is -0.0748. The Bertz CT molecular complexity index is 494. The molecular weight excluding hydrogens is 337 g/mol. The highest BCUT2D eigenvalue weighted by Crippen LogP contribution is 2.42. The normalized spacial score (nSPS) is 24.4. The van der Waals surface area contributed by atoms with E-state index in [1.807, 2.05) is 0 Å². The Hall–Kier alpha value is -0.810. The number of anilines is 1. The van der Waals surface area contributed by atoms with Gasteiger partial charge in [-0.15, -0.1) is 0 Å². The van der Waals surface area contributed by atoms with Crippen LogP contribution in [0.5, 0.6) is 5.75 Å². The molecule has 5 heteroatoms. The molecule has 3 nitrogen and oxygen atoms in total. The van der Waals surface area contributed by atoms with E-state index in [0.717, 1.165) is 12.8 Å². The molecule has 1 saturated carbocycles. The molecule has 1 saturated heterocycles. The SMILES string of the molecule is Nc1cc(F)cc(Br)c1OCC1CCC2(CCCCC2)O1. The van der Waals surface area contributed by atoms with Crippen LogP contribution in [0.3, 0.4) is 0 Å². The first kappa shape index (κ1) is 15.1. The summed E-state index contributed by atoms with van der Waals surface area (Å²) in [5.41, 5.74) is 6.21. The second kappa shape index (κ2) is 6.13. The summed E-state index contributed by atoms with van der Waals surface area (Å²) in [6.45, 7) is 0.468. The van der Waals surface area contributed by atoms with Crippen LogP contribution in [0, 0.1) is 5.82 Å². The molecule has 1 aliphatic heterocycles. The molecular formula is C16H21BrFNO2. The zero-order valence-electron chi connectivity index (χ0n) is 12.0. The fraction of sp³-hybridized carbons (Fsp3) is 0.625. The second-order valence-corrected chi connectivity index (χ2v) is 6.99. The molecule has 2 N–H and O–H groups in total. The van der Waals surface area contributed by atoms with Crippen molar-refractivity contribution in [2.45, 2.75) is 56.7 Å². The Balaban J connectivity index is 1.59. The van der Waals surface area contributed by atoms with Crippen LogP contribution in [0.15, 0.2) is 16.6 Å². The zero-order valence-corrected chi connectivity index (χ0v) is 13.6. The van der Waals surface area contributed by atoms with Gasteiger partial charge in [-0.2, -0.15) is 0 Å². The van der Waals surface area contributed by atoms with Crippen LogP contribution in [-0.4, -0.2) is 18.3 Å². The van der Waals surface area contributed by atoms with E-state index in [1.54, 1.807) is 0 Å². The van der Waals surface area contributed by atoms with E-state index in [9.17, 15) is 4.39 Å². The average Bonchev–Trinajstić information content (AvgIpc) is 2.81. The van der Waals surface area contributed by atoms with Gasteiger partial charge in [0.15, 0.2) is 5.75 Å². The maximum absolute atomic E-state index is 13.2. The third-order valence-electron chi connectivity index (χ3n) is 4.55. The number of hydrogen-bond donors (Lipinski definition) is 1. The topological polar surface area (TPSA) is 44.5 Å². The Labute approximate surface area is 133 Å². The summed E-state index contributed by atoms with van der Waals surface area (Å²) in [7, 11) is 0. The fourth-order valence-corrected chi connectivity index (χ4v) is 4.05. The van der Waals surface area contributed by atoms with Crippen molar-refractivity contribution < 1.29 is 13.9 Å². The van der Waals surface area contributed by atoms with Crippen LogP contribution in [0.25, 0.3) is 0 Å². The van der Waals surface area contributed by atoms with Gasteiger partial charge in [-0.1, -0.05) is 19.3 Å². The van der Waals surface area contributed by atoms with Crippen LogP contribution < -0.4 is 10.5 Å². The van der Waals surface area contributed by atoms with Gasteiger partial charge in [0.2, 0.25) is 0 Å². The molecule has 2 aliphatic rings. The Morgan fingerprint density at radius 3 is 2.76 bits per heavy atom. The molecule has 0 radical (unpaired) electrons. The summed E-state index contributed by atoms with van der Waals surface area (Å²) in [5.74, 6) is 0.134. The van der Waals surface area contributed by atoms with Crippen molar-refractivity contribution in [1.82, 2.24) is 0 Å². The van der Waals surface area contributed by atoms with Crippen LogP contribution in [0.2, 0.25) is 0 Å². The number of hydrogen-bond acceptors (Lipinski definition) is 3. The van der Waals surface area contributed by atoms with Gasteiger partial charge in [0.25, 0.3) is 0 Å². The van der Waals surface area contributed by atoms with E-state index < -0.39 is 0 Å². The van der Waals surface area contributed by atoms with Gasteiger partial charge in [0.1, 0.15) is 12.4 Å². The molecule has 0 amide bonds. The van der Waals surface area contributed by atoms with Crippen LogP contribution in [-0.2, 0) is 4.74 Å². The van der Waals surface area contributed by atoms with Gasteiger partial charge in [0, 0.05) is 6.07 Å². The summed E-state index contributed by atoms with van der Waals surface area (Å²) in [5, 5.41) is 0. The van der Waals surface area contributed by atoms with Gasteiger partial charge in [-0.25, -0.2) is 4.39 Å². The summed E-state index contributed by atoms with van der Waals surface area (Å²) in [6, 6.07) is 2.64. The van der Waals surface area contributed by atoms with E-state index in [1.165, 1.54) is 44.2 Å². The monoisotopic (exact) mass is 357 g/mol. The number of ether oxygens (including phenoxy) is 2. The number of benzene rings is 1. The molecule has 2 fully saturated rings. The van der Waals surface area contributed by atoms with Gasteiger partial charge >= 0.3 is 0 Å². The second-order valence-electron chi connectivity index (χ2n) is 6.14. The lowest BCUT2D eigenvalue weighted by atomic mass is 9.83. The van der Waals surface area contributed by atoms with Crippen molar-refractivity contribution in [3.05, 3.63) is 22.4 Å². The first-order valence-corrected chi connectivity index (χ1v) is 8.42. The molecule has 3 rings (SSSR count). The maximum Gasteiger partial charge on any atom is 0.156 e. The molecule has 0 aromatic heterocycles. The van der Waals surface area contributed by atoms with E-state index in [-0.39, 0.29) is 17.5 Å². The smallest absolute Gasteiger partial charge is 0.156 e. The molecule has 1 unspecified atom stereocenters. The Morgan fingerprint density at radius 2 is 2.05 bits per heavy atom. The van der Waals surface area contributed by atoms with Crippen molar-refractivity contribution in [2.75, 3.05) is 12.3 Å². The molecule has 0 bridgehead atoms. The van der Waals surface area contributed by atoms with E-state index >= 15 is 0 Å². The summed E-state index contributed by atoms with van der Waals surface area (Å²) in [6.07, 6.45) is 8.47. The average molecular weight is 358 g/mol. The van der Waals surface area contributed by atoms with Crippen molar-refractivity contribution in [3.63, 3.8) is 0 Å². The van der Waals surface area contributed by atoms with Gasteiger partial charge in [0.05, 0.1) is 21.9 Å². The highest BCUT2D eigenvalue weighted by Gasteiger charge is 2.41. The van der Waals surface area contributed by atoms with Crippen molar-refractivity contribution in [1.29, 1.82) is 0 Å². The maximum atomic E-state index is 13.2.